The Morgan fingerprint density at radius 1 is 1.07 bits per heavy atom. The zero-order chi connectivity index (χ0) is 18.8. The second-order valence-electron chi connectivity index (χ2n) is 7.30. The third-order valence-corrected chi connectivity index (χ3v) is 5.35. The van der Waals surface area contributed by atoms with Crippen LogP contribution in [0.3, 0.4) is 0 Å². The number of benzene rings is 1. The first-order chi connectivity index (χ1) is 13.2. The molecule has 27 heavy (non-hydrogen) atoms. The average Bonchev–Trinajstić information content (AvgIpc) is 3.54. The van der Waals surface area contributed by atoms with Crippen LogP contribution in [0.1, 0.15) is 60.6 Å². The van der Waals surface area contributed by atoms with Gasteiger partial charge in [-0.2, -0.15) is 5.10 Å². The van der Waals surface area contributed by atoms with Crippen LogP contribution in [0.5, 0.6) is 5.75 Å². The molecular formula is C21H25N3O3. The Bertz CT molecular complexity index is 863. The number of carbonyl (C=O) groups is 1. The molecule has 1 saturated carbocycles. The summed E-state index contributed by atoms with van der Waals surface area (Å²) in [4.78, 5) is 26.8. The normalized spacial score (nSPS) is 17.7. The van der Waals surface area contributed by atoms with Crippen molar-refractivity contribution in [3.05, 3.63) is 58.0 Å². The highest BCUT2D eigenvalue weighted by atomic mass is 16.5. The zero-order valence-corrected chi connectivity index (χ0v) is 15.6. The SMILES string of the molecule is CCOc1ccc(C(=O)N2CCC(n3nc(C4CC4)ccc3=O)CC2)cc1. The van der Waals surface area contributed by atoms with E-state index in [1.807, 2.05) is 42.2 Å². The summed E-state index contributed by atoms with van der Waals surface area (Å²) in [5.41, 5.74) is 1.65. The minimum Gasteiger partial charge on any atom is -0.494 e. The molecule has 1 aliphatic carbocycles. The molecule has 4 rings (SSSR count). The molecule has 2 fully saturated rings. The summed E-state index contributed by atoms with van der Waals surface area (Å²) in [6.07, 6.45) is 3.84. The summed E-state index contributed by atoms with van der Waals surface area (Å²) in [6.45, 7) is 3.82. The molecule has 6 heteroatoms. The number of rotatable bonds is 5. The van der Waals surface area contributed by atoms with E-state index in [1.165, 1.54) is 12.8 Å². The Balaban J connectivity index is 1.40. The quantitative estimate of drug-likeness (QED) is 0.815. The highest BCUT2D eigenvalue weighted by molar-refractivity contribution is 5.94. The van der Waals surface area contributed by atoms with E-state index < -0.39 is 0 Å². The molecule has 0 spiro atoms. The average molecular weight is 367 g/mol. The van der Waals surface area contributed by atoms with Crippen LogP contribution in [0.25, 0.3) is 0 Å². The lowest BCUT2D eigenvalue weighted by Gasteiger charge is -2.32. The molecule has 2 heterocycles. The van der Waals surface area contributed by atoms with Crippen molar-refractivity contribution >= 4 is 5.91 Å². The minimum absolute atomic E-state index is 0.0311. The number of likely N-dealkylation sites (tertiary alicyclic amines) is 1. The third kappa shape index (κ3) is 3.89. The standard InChI is InChI=1S/C21H25N3O3/c1-2-27-18-7-5-16(6-8-18)21(26)23-13-11-17(12-14-23)24-20(25)10-9-19(22-24)15-3-4-15/h5-10,15,17H,2-4,11-14H2,1H3. The van der Waals surface area contributed by atoms with Crippen molar-refractivity contribution in [3.8, 4) is 5.75 Å². The Labute approximate surface area is 158 Å². The maximum Gasteiger partial charge on any atom is 0.267 e. The van der Waals surface area contributed by atoms with Crippen LogP contribution >= 0.6 is 0 Å². The second-order valence-corrected chi connectivity index (χ2v) is 7.30. The molecule has 2 aromatic rings. The number of hydrogen-bond acceptors (Lipinski definition) is 4. The molecule has 1 aliphatic heterocycles. The number of nitrogens with zero attached hydrogens (tertiary/aromatic N) is 3. The Kier molecular flexibility index (Phi) is 4.97. The summed E-state index contributed by atoms with van der Waals surface area (Å²) in [7, 11) is 0. The van der Waals surface area contributed by atoms with Gasteiger partial charge in [-0.05, 0) is 62.9 Å². The van der Waals surface area contributed by atoms with Crippen molar-refractivity contribution < 1.29 is 9.53 Å². The maximum atomic E-state index is 12.7. The fraction of sp³-hybridized carbons (Fsp3) is 0.476. The molecule has 1 saturated heterocycles. The van der Waals surface area contributed by atoms with Crippen LogP contribution in [-0.2, 0) is 0 Å². The van der Waals surface area contributed by atoms with E-state index in [-0.39, 0.29) is 17.5 Å². The molecule has 1 aromatic carbocycles. The van der Waals surface area contributed by atoms with Gasteiger partial charge in [-0.3, -0.25) is 9.59 Å². The van der Waals surface area contributed by atoms with E-state index in [0.717, 1.165) is 24.3 Å². The maximum absolute atomic E-state index is 12.7. The second kappa shape index (κ2) is 7.55. The van der Waals surface area contributed by atoms with Crippen LogP contribution in [0.15, 0.2) is 41.2 Å². The summed E-state index contributed by atoms with van der Waals surface area (Å²) >= 11 is 0. The molecule has 0 N–H and O–H groups in total. The molecule has 142 valence electrons. The van der Waals surface area contributed by atoms with Crippen molar-refractivity contribution in [1.29, 1.82) is 0 Å². The lowest BCUT2D eigenvalue weighted by atomic mass is 10.0. The van der Waals surface area contributed by atoms with Crippen LogP contribution in [0, 0.1) is 0 Å². The molecule has 0 bridgehead atoms. The Hall–Kier alpha value is -2.63. The topological polar surface area (TPSA) is 64.4 Å². The molecule has 0 radical (unpaired) electrons. The summed E-state index contributed by atoms with van der Waals surface area (Å²) in [5.74, 6) is 1.33. The first kappa shape index (κ1) is 17.8. The van der Waals surface area contributed by atoms with Crippen LogP contribution in [-0.4, -0.2) is 40.3 Å². The molecular weight excluding hydrogens is 342 g/mol. The van der Waals surface area contributed by atoms with E-state index >= 15 is 0 Å². The van der Waals surface area contributed by atoms with Gasteiger partial charge in [-0.15, -0.1) is 0 Å². The zero-order valence-electron chi connectivity index (χ0n) is 15.6. The molecule has 1 amide bonds. The van der Waals surface area contributed by atoms with Crippen molar-refractivity contribution in [3.63, 3.8) is 0 Å². The highest BCUT2D eigenvalue weighted by Gasteiger charge is 2.29. The van der Waals surface area contributed by atoms with E-state index in [4.69, 9.17) is 4.74 Å². The van der Waals surface area contributed by atoms with Gasteiger partial charge in [0.2, 0.25) is 0 Å². The van der Waals surface area contributed by atoms with E-state index in [1.54, 1.807) is 10.7 Å². The predicted molar refractivity (Wildman–Crippen MR) is 102 cm³/mol. The van der Waals surface area contributed by atoms with Gasteiger partial charge >= 0.3 is 0 Å². The van der Waals surface area contributed by atoms with Crippen molar-refractivity contribution in [1.82, 2.24) is 14.7 Å². The molecule has 1 aromatic heterocycles. The number of carbonyl (C=O) groups excluding carboxylic acids is 1. The van der Waals surface area contributed by atoms with E-state index in [2.05, 4.69) is 5.10 Å². The summed E-state index contributed by atoms with van der Waals surface area (Å²) in [5, 5.41) is 4.60. The predicted octanol–water partition coefficient (Wildman–Crippen LogP) is 3.00. The molecule has 0 atom stereocenters. The minimum atomic E-state index is -0.0457. The van der Waals surface area contributed by atoms with Gasteiger partial charge in [-0.1, -0.05) is 0 Å². The smallest absolute Gasteiger partial charge is 0.267 e. The van der Waals surface area contributed by atoms with Crippen molar-refractivity contribution in [2.75, 3.05) is 19.7 Å². The number of ether oxygens (including phenoxy) is 1. The van der Waals surface area contributed by atoms with E-state index in [0.29, 0.717) is 31.2 Å². The summed E-state index contributed by atoms with van der Waals surface area (Å²) in [6, 6.07) is 10.8. The Morgan fingerprint density at radius 3 is 2.41 bits per heavy atom. The van der Waals surface area contributed by atoms with Crippen LogP contribution in [0.2, 0.25) is 0 Å². The van der Waals surface area contributed by atoms with Gasteiger partial charge in [0.25, 0.3) is 11.5 Å². The fourth-order valence-corrected chi connectivity index (χ4v) is 3.65. The Morgan fingerprint density at radius 2 is 1.78 bits per heavy atom. The fourth-order valence-electron chi connectivity index (χ4n) is 3.65. The van der Waals surface area contributed by atoms with Gasteiger partial charge in [0.1, 0.15) is 5.75 Å². The number of amides is 1. The largest absolute Gasteiger partial charge is 0.494 e. The molecule has 2 aliphatic rings. The first-order valence-corrected chi connectivity index (χ1v) is 9.77. The number of aromatic nitrogens is 2. The van der Waals surface area contributed by atoms with E-state index in [9.17, 15) is 9.59 Å². The van der Waals surface area contributed by atoms with Crippen molar-refractivity contribution in [2.45, 2.75) is 44.6 Å². The monoisotopic (exact) mass is 367 g/mol. The molecule has 6 nitrogen and oxygen atoms in total. The van der Waals surface area contributed by atoms with Gasteiger partial charge in [-0.25, -0.2) is 4.68 Å². The lowest BCUT2D eigenvalue weighted by molar-refractivity contribution is 0.0687. The lowest BCUT2D eigenvalue weighted by Crippen LogP contribution is -2.41. The van der Waals surface area contributed by atoms with Gasteiger partial charge in [0, 0.05) is 30.6 Å². The number of piperidine rings is 1. The van der Waals surface area contributed by atoms with Crippen molar-refractivity contribution in [2.24, 2.45) is 0 Å². The van der Waals surface area contributed by atoms with Gasteiger partial charge < -0.3 is 9.64 Å². The van der Waals surface area contributed by atoms with Crippen LogP contribution in [0.4, 0.5) is 0 Å². The third-order valence-electron chi connectivity index (χ3n) is 5.35. The van der Waals surface area contributed by atoms with Crippen LogP contribution < -0.4 is 10.3 Å². The number of hydrogen-bond donors (Lipinski definition) is 0. The first-order valence-electron chi connectivity index (χ1n) is 9.77. The summed E-state index contributed by atoms with van der Waals surface area (Å²) < 4.78 is 7.07. The van der Waals surface area contributed by atoms with Gasteiger partial charge in [0.05, 0.1) is 18.3 Å². The van der Waals surface area contributed by atoms with Gasteiger partial charge in [0.15, 0.2) is 0 Å². The molecule has 0 unspecified atom stereocenters. The highest BCUT2D eigenvalue weighted by Crippen LogP contribution is 2.38.